The maximum Gasteiger partial charge on any atom is 0.262 e. The first kappa shape index (κ1) is 16.1. The quantitative estimate of drug-likeness (QED) is 0.776. The van der Waals surface area contributed by atoms with Crippen LogP contribution in [0.1, 0.15) is 5.56 Å². The minimum atomic E-state index is -3.99. The molecule has 112 valence electrons. The molecule has 0 radical (unpaired) electrons. The van der Waals surface area contributed by atoms with Crippen LogP contribution in [0, 0.1) is 12.7 Å². The van der Waals surface area contributed by atoms with Crippen LogP contribution in [-0.2, 0) is 10.0 Å². The molecule has 0 heterocycles. The third-order valence-electron chi connectivity index (χ3n) is 2.78. The van der Waals surface area contributed by atoms with Crippen molar-refractivity contribution in [2.24, 2.45) is 0 Å². The highest BCUT2D eigenvalue weighted by molar-refractivity contribution is 9.10. The van der Waals surface area contributed by atoms with E-state index in [1.165, 1.54) is 24.3 Å². The average Bonchev–Trinajstić information content (AvgIpc) is 2.38. The van der Waals surface area contributed by atoms with E-state index >= 15 is 0 Å². The number of benzene rings is 2. The van der Waals surface area contributed by atoms with E-state index in [4.69, 9.17) is 17.3 Å². The number of rotatable bonds is 3. The first-order chi connectivity index (χ1) is 9.72. The highest BCUT2D eigenvalue weighted by Gasteiger charge is 2.21. The summed E-state index contributed by atoms with van der Waals surface area (Å²) in [7, 11) is -3.99. The van der Waals surface area contributed by atoms with E-state index in [0.717, 1.165) is 6.07 Å². The number of nitrogens with two attached hydrogens (primary N) is 1. The zero-order valence-electron chi connectivity index (χ0n) is 10.8. The predicted octanol–water partition coefficient (Wildman–Crippen LogP) is 3.93. The lowest BCUT2D eigenvalue weighted by molar-refractivity contribution is 0.598. The van der Waals surface area contributed by atoms with E-state index < -0.39 is 15.8 Å². The molecule has 8 heteroatoms. The van der Waals surface area contributed by atoms with Gasteiger partial charge in [0, 0.05) is 4.47 Å². The molecule has 0 saturated carbocycles. The SMILES string of the molecule is Cc1cc(Cl)c(N)cc1S(=O)(=O)Nc1c(F)cccc1Br. The van der Waals surface area contributed by atoms with Crippen molar-refractivity contribution in [3.8, 4) is 0 Å². The molecule has 0 fully saturated rings. The first-order valence-corrected chi connectivity index (χ1v) is 8.40. The summed E-state index contributed by atoms with van der Waals surface area (Å²) in [5, 5.41) is 0.263. The van der Waals surface area contributed by atoms with E-state index in [1.807, 2.05) is 0 Å². The second-order valence-corrected chi connectivity index (χ2v) is 7.25. The molecule has 0 aliphatic rings. The van der Waals surface area contributed by atoms with Gasteiger partial charge in [0.2, 0.25) is 0 Å². The van der Waals surface area contributed by atoms with Crippen LogP contribution in [0.5, 0.6) is 0 Å². The minimum absolute atomic E-state index is 0.0560. The van der Waals surface area contributed by atoms with Crippen LogP contribution in [-0.4, -0.2) is 8.42 Å². The topological polar surface area (TPSA) is 72.2 Å². The fourth-order valence-electron chi connectivity index (χ4n) is 1.74. The molecular weight excluding hydrogens is 383 g/mol. The summed E-state index contributed by atoms with van der Waals surface area (Å²) in [6, 6.07) is 6.84. The van der Waals surface area contributed by atoms with E-state index in [2.05, 4.69) is 20.7 Å². The molecule has 0 spiro atoms. The van der Waals surface area contributed by atoms with Crippen LogP contribution in [0.4, 0.5) is 15.8 Å². The Morgan fingerprint density at radius 3 is 2.62 bits per heavy atom. The minimum Gasteiger partial charge on any atom is -0.397 e. The van der Waals surface area contributed by atoms with Crippen LogP contribution in [0.2, 0.25) is 5.02 Å². The summed E-state index contributed by atoms with van der Waals surface area (Å²) in [5.41, 5.74) is 6.02. The third kappa shape index (κ3) is 3.30. The summed E-state index contributed by atoms with van der Waals surface area (Å²) in [6.45, 7) is 1.58. The zero-order chi connectivity index (χ0) is 15.8. The lowest BCUT2D eigenvalue weighted by Gasteiger charge is -2.13. The largest absolute Gasteiger partial charge is 0.397 e. The maximum absolute atomic E-state index is 13.7. The molecule has 2 aromatic rings. The van der Waals surface area contributed by atoms with Crippen molar-refractivity contribution in [3.63, 3.8) is 0 Å². The number of sulfonamides is 1. The second-order valence-electron chi connectivity index (χ2n) is 4.34. The molecule has 0 bridgehead atoms. The molecule has 0 aliphatic heterocycles. The Labute approximate surface area is 135 Å². The van der Waals surface area contributed by atoms with Crippen molar-refractivity contribution < 1.29 is 12.8 Å². The van der Waals surface area contributed by atoms with E-state index in [9.17, 15) is 12.8 Å². The van der Waals surface area contributed by atoms with Gasteiger partial charge >= 0.3 is 0 Å². The normalized spacial score (nSPS) is 11.4. The Morgan fingerprint density at radius 2 is 2.00 bits per heavy atom. The molecule has 2 rings (SSSR count). The highest BCUT2D eigenvalue weighted by atomic mass is 79.9. The molecule has 0 unspecified atom stereocenters. The molecular formula is C13H11BrClFN2O2S. The van der Waals surface area contributed by atoms with Gasteiger partial charge in [-0.1, -0.05) is 17.7 Å². The molecule has 0 aromatic heterocycles. The van der Waals surface area contributed by atoms with Gasteiger partial charge in [0.15, 0.2) is 0 Å². The van der Waals surface area contributed by atoms with Crippen molar-refractivity contribution >= 4 is 48.9 Å². The van der Waals surface area contributed by atoms with Crippen LogP contribution >= 0.6 is 27.5 Å². The molecule has 0 amide bonds. The Kier molecular flexibility index (Phi) is 4.46. The first-order valence-electron chi connectivity index (χ1n) is 5.75. The van der Waals surface area contributed by atoms with Crippen LogP contribution in [0.25, 0.3) is 0 Å². The number of halogens is 3. The molecule has 0 saturated heterocycles. The summed E-state index contributed by atoms with van der Waals surface area (Å²) in [6.07, 6.45) is 0. The van der Waals surface area contributed by atoms with Crippen molar-refractivity contribution in [2.45, 2.75) is 11.8 Å². The molecule has 0 atom stereocenters. The van der Waals surface area contributed by atoms with E-state index in [0.29, 0.717) is 10.0 Å². The monoisotopic (exact) mass is 392 g/mol. The number of aryl methyl sites for hydroxylation is 1. The summed E-state index contributed by atoms with van der Waals surface area (Å²) in [5.74, 6) is -0.687. The van der Waals surface area contributed by atoms with Crippen molar-refractivity contribution in [2.75, 3.05) is 10.5 Å². The number of anilines is 2. The smallest absolute Gasteiger partial charge is 0.262 e. The van der Waals surface area contributed by atoms with Gasteiger partial charge in [-0.05, 0) is 52.7 Å². The van der Waals surface area contributed by atoms with Gasteiger partial charge < -0.3 is 5.73 Å². The van der Waals surface area contributed by atoms with Gasteiger partial charge in [-0.3, -0.25) is 4.72 Å². The van der Waals surface area contributed by atoms with E-state index in [1.54, 1.807) is 6.92 Å². The van der Waals surface area contributed by atoms with Gasteiger partial charge in [0.1, 0.15) is 5.82 Å². The van der Waals surface area contributed by atoms with Crippen molar-refractivity contribution in [1.29, 1.82) is 0 Å². The van der Waals surface area contributed by atoms with Crippen LogP contribution in [0.3, 0.4) is 0 Å². The fourth-order valence-corrected chi connectivity index (χ4v) is 3.88. The number of nitrogen functional groups attached to an aromatic ring is 1. The Morgan fingerprint density at radius 1 is 1.33 bits per heavy atom. The predicted molar refractivity (Wildman–Crippen MR) is 85.5 cm³/mol. The van der Waals surface area contributed by atoms with Gasteiger partial charge in [0.05, 0.1) is 21.3 Å². The molecule has 2 aromatic carbocycles. The fraction of sp³-hybridized carbons (Fsp3) is 0.0769. The zero-order valence-corrected chi connectivity index (χ0v) is 14.0. The number of nitrogens with one attached hydrogen (secondary N) is 1. The van der Waals surface area contributed by atoms with Crippen LogP contribution < -0.4 is 10.5 Å². The van der Waals surface area contributed by atoms with Gasteiger partial charge in [-0.25, -0.2) is 12.8 Å². The Bertz CT molecular complexity index is 792. The molecule has 3 N–H and O–H groups in total. The number of hydrogen-bond donors (Lipinski definition) is 2. The van der Waals surface area contributed by atoms with Gasteiger partial charge in [-0.2, -0.15) is 0 Å². The summed E-state index contributed by atoms with van der Waals surface area (Å²) in [4.78, 5) is -0.0560. The van der Waals surface area contributed by atoms with Crippen molar-refractivity contribution in [3.05, 3.63) is 51.2 Å². The maximum atomic E-state index is 13.7. The van der Waals surface area contributed by atoms with Crippen LogP contribution in [0.15, 0.2) is 39.7 Å². The second kappa shape index (κ2) is 5.82. The van der Waals surface area contributed by atoms with Gasteiger partial charge in [-0.15, -0.1) is 0 Å². The van der Waals surface area contributed by atoms with Gasteiger partial charge in [0.25, 0.3) is 10.0 Å². The third-order valence-corrected chi connectivity index (χ3v) is 5.26. The molecule has 21 heavy (non-hydrogen) atoms. The standard InChI is InChI=1S/C13H11BrClFN2O2S/c1-7-5-9(15)11(17)6-12(7)21(19,20)18-13-8(14)3-2-4-10(13)16/h2-6,18H,17H2,1H3. The average molecular weight is 394 g/mol. The highest BCUT2D eigenvalue weighted by Crippen LogP contribution is 2.31. The number of para-hydroxylation sites is 1. The van der Waals surface area contributed by atoms with E-state index in [-0.39, 0.29) is 21.3 Å². The Hall–Kier alpha value is -1.31. The summed E-state index contributed by atoms with van der Waals surface area (Å²) >= 11 is 8.94. The number of hydrogen-bond acceptors (Lipinski definition) is 3. The molecule has 4 nitrogen and oxygen atoms in total. The Balaban J connectivity index is 2.51. The molecule has 0 aliphatic carbocycles. The summed E-state index contributed by atoms with van der Waals surface area (Å²) < 4.78 is 41.0. The lowest BCUT2D eigenvalue weighted by atomic mass is 10.2. The van der Waals surface area contributed by atoms with Crippen molar-refractivity contribution in [1.82, 2.24) is 0 Å². The lowest BCUT2D eigenvalue weighted by Crippen LogP contribution is -2.16.